The summed E-state index contributed by atoms with van der Waals surface area (Å²) in [6, 6.07) is 0. The number of nitrogens with zero attached hydrogens (tertiary/aromatic N) is 1. The number of nitrogens with one attached hydrogen (secondary N) is 1. The molecule has 0 aromatic heterocycles. The second-order valence-corrected chi connectivity index (χ2v) is 8.92. The molecule has 106 valence electrons. The zero-order chi connectivity index (χ0) is 13.4. The van der Waals surface area contributed by atoms with Crippen LogP contribution in [0.4, 0.5) is 0 Å². The molecule has 5 heteroatoms. The summed E-state index contributed by atoms with van der Waals surface area (Å²) in [7, 11) is -3.06. The van der Waals surface area contributed by atoms with Gasteiger partial charge in [0, 0.05) is 13.1 Å². The van der Waals surface area contributed by atoms with Crippen molar-refractivity contribution >= 4 is 10.0 Å². The average molecular weight is 274 g/mol. The monoisotopic (exact) mass is 274 g/mol. The van der Waals surface area contributed by atoms with Gasteiger partial charge in [-0.15, -0.1) is 0 Å². The maximum Gasteiger partial charge on any atom is 0.217 e. The number of hydrogen-bond donors (Lipinski definition) is 1. The molecule has 2 saturated heterocycles. The van der Waals surface area contributed by atoms with Gasteiger partial charge in [-0.25, -0.2) is 12.7 Å². The molecule has 0 radical (unpaired) electrons. The van der Waals surface area contributed by atoms with Crippen molar-refractivity contribution in [2.75, 3.05) is 26.2 Å². The molecule has 0 aliphatic carbocycles. The number of hydrogen-bond acceptors (Lipinski definition) is 3. The maximum absolute atomic E-state index is 12.6. The number of piperidine rings is 1. The lowest BCUT2D eigenvalue weighted by atomic mass is 9.80. The smallest absolute Gasteiger partial charge is 0.217 e. The fraction of sp³-hybridized carbons (Fsp3) is 1.00. The van der Waals surface area contributed by atoms with Gasteiger partial charge in [0.15, 0.2) is 0 Å². The highest BCUT2D eigenvalue weighted by molar-refractivity contribution is 7.89. The second kappa shape index (κ2) is 5.10. The van der Waals surface area contributed by atoms with E-state index in [1.54, 1.807) is 4.31 Å². The fourth-order valence-corrected chi connectivity index (χ4v) is 4.97. The fourth-order valence-electron chi connectivity index (χ4n) is 2.97. The van der Waals surface area contributed by atoms with E-state index in [-0.39, 0.29) is 10.7 Å². The predicted octanol–water partition coefficient (Wildman–Crippen LogP) is 1.44. The Balaban J connectivity index is 2.03. The van der Waals surface area contributed by atoms with Gasteiger partial charge in [0.25, 0.3) is 0 Å². The molecular weight excluding hydrogens is 248 g/mol. The first-order valence-corrected chi connectivity index (χ1v) is 8.52. The lowest BCUT2D eigenvalue weighted by Crippen LogP contribution is -2.43. The molecule has 0 saturated carbocycles. The SMILES string of the molecule is CC(C)(C)C1CCN(S(=O)(=O)C2CCNCC2)C1. The van der Waals surface area contributed by atoms with Crippen LogP contribution in [0.1, 0.15) is 40.0 Å². The van der Waals surface area contributed by atoms with Gasteiger partial charge in [-0.3, -0.25) is 0 Å². The molecule has 18 heavy (non-hydrogen) atoms. The molecule has 2 fully saturated rings. The molecule has 2 rings (SSSR count). The molecule has 4 nitrogen and oxygen atoms in total. The molecule has 1 atom stereocenters. The Morgan fingerprint density at radius 2 is 1.72 bits per heavy atom. The molecule has 2 aliphatic rings. The maximum atomic E-state index is 12.6. The third kappa shape index (κ3) is 2.89. The molecule has 0 spiro atoms. The van der Waals surface area contributed by atoms with Crippen LogP contribution in [0.15, 0.2) is 0 Å². The minimum absolute atomic E-state index is 0.155. The van der Waals surface area contributed by atoms with Crippen LogP contribution in [0.2, 0.25) is 0 Å². The van der Waals surface area contributed by atoms with Gasteiger partial charge < -0.3 is 5.32 Å². The van der Waals surface area contributed by atoms with E-state index in [0.717, 1.165) is 38.9 Å². The van der Waals surface area contributed by atoms with Crippen LogP contribution >= 0.6 is 0 Å². The quantitative estimate of drug-likeness (QED) is 0.829. The van der Waals surface area contributed by atoms with Gasteiger partial charge in [0.05, 0.1) is 5.25 Å². The van der Waals surface area contributed by atoms with Crippen LogP contribution < -0.4 is 5.32 Å². The summed E-state index contributed by atoms with van der Waals surface area (Å²) in [4.78, 5) is 0. The lowest BCUT2D eigenvalue weighted by molar-refractivity contribution is 0.251. The summed E-state index contributed by atoms with van der Waals surface area (Å²) in [5.74, 6) is 0.494. The summed E-state index contributed by atoms with van der Waals surface area (Å²) in [5.41, 5.74) is 0.207. The minimum atomic E-state index is -3.06. The topological polar surface area (TPSA) is 49.4 Å². The lowest BCUT2D eigenvalue weighted by Gasteiger charge is -2.29. The van der Waals surface area contributed by atoms with Gasteiger partial charge in [0.1, 0.15) is 0 Å². The van der Waals surface area contributed by atoms with Crippen LogP contribution in [-0.4, -0.2) is 44.2 Å². The molecule has 0 bridgehead atoms. The first-order valence-electron chi connectivity index (χ1n) is 7.01. The normalized spacial score (nSPS) is 28.7. The van der Waals surface area contributed by atoms with Crippen LogP contribution in [0.3, 0.4) is 0 Å². The highest BCUT2D eigenvalue weighted by Crippen LogP contribution is 2.35. The van der Waals surface area contributed by atoms with E-state index in [2.05, 4.69) is 26.1 Å². The van der Waals surface area contributed by atoms with Crippen LogP contribution in [0.5, 0.6) is 0 Å². The van der Waals surface area contributed by atoms with E-state index < -0.39 is 10.0 Å². The molecule has 0 amide bonds. The zero-order valence-electron chi connectivity index (χ0n) is 11.8. The molecule has 0 aromatic carbocycles. The Kier molecular flexibility index (Phi) is 4.04. The zero-order valence-corrected chi connectivity index (χ0v) is 12.6. The van der Waals surface area contributed by atoms with Crippen LogP contribution in [0.25, 0.3) is 0 Å². The molecule has 1 unspecified atom stereocenters. The highest BCUT2D eigenvalue weighted by Gasteiger charge is 2.40. The first-order chi connectivity index (χ1) is 8.32. The second-order valence-electron chi connectivity index (χ2n) is 6.70. The van der Waals surface area contributed by atoms with Crippen molar-refractivity contribution < 1.29 is 8.42 Å². The van der Waals surface area contributed by atoms with Crippen molar-refractivity contribution in [1.29, 1.82) is 0 Å². The Labute approximate surface area is 111 Å². The molecule has 2 aliphatic heterocycles. The summed E-state index contributed by atoms with van der Waals surface area (Å²) < 4.78 is 26.9. The van der Waals surface area contributed by atoms with Gasteiger partial charge in [0.2, 0.25) is 10.0 Å². The van der Waals surface area contributed by atoms with Gasteiger partial charge in [-0.1, -0.05) is 20.8 Å². The van der Waals surface area contributed by atoms with Crippen molar-refractivity contribution in [1.82, 2.24) is 9.62 Å². The largest absolute Gasteiger partial charge is 0.317 e. The highest BCUT2D eigenvalue weighted by atomic mass is 32.2. The van der Waals surface area contributed by atoms with Crippen LogP contribution in [-0.2, 0) is 10.0 Å². The summed E-state index contributed by atoms with van der Waals surface area (Å²) >= 11 is 0. The van der Waals surface area contributed by atoms with Crippen LogP contribution in [0, 0.1) is 11.3 Å². The minimum Gasteiger partial charge on any atom is -0.317 e. The molecular formula is C13H26N2O2S. The van der Waals surface area contributed by atoms with E-state index >= 15 is 0 Å². The number of rotatable bonds is 2. The predicted molar refractivity (Wildman–Crippen MR) is 73.9 cm³/mol. The van der Waals surface area contributed by atoms with E-state index in [9.17, 15) is 8.42 Å². The van der Waals surface area contributed by atoms with Crippen molar-refractivity contribution in [2.45, 2.75) is 45.3 Å². The average Bonchev–Trinajstić information content (AvgIpc) is 2.79. The summed E-state index contributed by atoms with van der Waals surface area (Å²) in [5, 5.41) is 3.07. The van der Waals surface area contributed by atoms with Crippen molar-refractivity contribution in [3.8, 4) is 0 Å². The molecule has 2 heterocycles. The Morgan fingerprint density at radius 3 is 2.22 bits per heavy atom. The summed E-state index contributed by atoms with van der Waals surface area (Å²) in [6.07, 6.45) is 2.53. The van der Waals surface area contributed by atoms with Crippen molar-refractivity contribution in [2.24, 2.45) is 11.3 Å². The third-order valence-electron chi connectivity index (χ3n) is 4.44. The van der Waals surface area contributed by atoms with Gasteiger partial charge in [-0.2, -0.15) is 0 Å². The van der Waals surface area contributed by atoms with E-state index in [1.807, 2.05) is 0 Å². The van der Waals surface area contributed by atoms with E-state index in [1.165, 1.54) is 0 Å². The molecule has 0 aromatic rings. The Bertz CT molecular complexity index is 380. The van der Waals surface area contributed by atoms with Crippen molar-refractivity contribution in [3.63, 3.8) is 0 Å². The first kappa shape index (κ1) is 14.3. The Hall–Kier alpha value is -0.130. The van der Waals surface area contributed by atoms with Gasteiger partial charge >= 0.3 is 0 Å². The number of sulfonamides is 1. The molecule has 1 N–H and O–H groups in total. The standard InChI is InChI=1S/C13H26N2O2S/c1-13(2,3)11-6-9-15(10-11)18(16,17)12-4-7-14-8-5-12/h11-12,14H,4-10H2,1-3H3. The summed E-state index contributed by atoms with van der Waals surface area (Å²) in [6.45, 7) is 9.72. The van der Waals surface area contributed by atoms with Gasteiger partial charge in [-0.05, 0) is 43.7 Å². The van der Waals surface area contributed by atoms with E-state index in [0.29, 0.717) is 12.5 Å². The third-order valence-corrected chi connectivity index (χ3v) is 6.81. The van der Waals surface area contributed by atoms with Crippen molar-refractivity contribution in [3.05, 3.63) is 0 Å². The van der Waals surface area contributed by atoms with E-state index in [4.69, 9.17) is 0 Å². The Morgan fingerprint density at radius 1 is 1.11 bits per heavy atom.